The molecular formula is C15H21BrFN3O. The van der Waals surface area contributed by atoms with Crippen LogP contribution in [0.4, 0.5) is 10.1 Å². The van der Waals surface area contributed by atoms with Crippen LogP contribution in [0.15, 0.2) is 22.7 Å². The smallest absolute Gasteiger partial charge is 0.238 e. The maximum Gasteiger partial charge on any atom is 0.238 e. The number of carbonyl (C=O) groups excluding carboxylic acids is 1. The number of nitrogens with zero attached hydrogens (tertiary/aromatic N) is 1. The average Bonchev–Trinajstić information content (AvgIpc) is 2.43. The monoisotopic (exact) mass is 357 g/mol. The van der Waals surface area contributed by atoms with Crippen LogP contribution in [0, 0.1) is 11.7 Å². The third-order valence-corrected chi connectivity index (χ3v) is 4.14. The largest absolute Gasteiger partial charge is 0.322 e. The Labute approximate surface area is 133 Å². The van der Waals surface area contributed by atoms with Crippen LogP contribution in [-0.4, -0.2) is 44.0 Å². The van der Waals surface area contributed by atoms with Crippen LogP contribution in [0.1, 0.15) is 12.8 Å². The van der Waals surface area contributed by atoms with Gasteiger partial charge in [0.2, 0.25) is 5.91 Å². The summed E-state index contributed by atoms with van der Waals surface area (Å²) in [5.41, 5.74) is 0.221. The summed E-state index contributed by atoms with van der Waals surface area (Å²) in [6.07, 6.45) is 2.29. The molecule has 1 aliphatic rings. The van der Waals surface area contributed by atoms with Gasteiger partial charge < -0.3 is 10.6 Å². The molecule has 1 saturated heterocycles. The molecular weight excluding hydrogens is 337 g/mol. The lowest BCUT2D eigenvalue weighted by Crippen LogP contribution is -2.37. The quantitative estimate of drug-likeness (QED) is 0.850. The molecule has 6 heteroatoms. The van der Waals surface area contributed by atoms with Crippen molar-refractivity contribution < 1.29 is 9.18 Å². The Morgan fingerprint density at radius 1 is 1.48 bits per heavy atom. The van der Waals surface area contributed by atoms with Gasteiger partial charge in [0.1, 0.15) is 5.82 Å². The highest BCUT2D eigenvalue weighted by atomic mass is 79.9. The van der Waals surface area contributed by atoms with Gasteiger partial charge in [-0.1, -0.05) is 15.9 Å². The molecule has 1 amide bonds. The van der Waals surface area contributed by atoms with E-state index in [1.54, 1.807) is 12.1 Å². The Morgan fingerprint density at radius 3 is 2.86 bits per heavy atom. The highest BCUT2D eigenvalue weighted by Gasteiger charge is 2.17. The number of likely N-dealkylation sites (N-methyl/N-ethyl adjacent to an activating group) is 1. The Morgan fingerprint density at radius 2 is 2.19 bits per heavy atom. The first-order valence-corrected chi connectivity index (χ1v) is 7.98. The van der Waals surface area contributed by atoms with Crippen molar-refractivity contribution in [1.82, 2.24) is 10.2 Å². The molecule has 0 aromatic heterocycles. The lowest BCUT2D eigenvalue weighted by molar-refractivity contribution is -0.117. The van der Waals surface area contributed by atoms with E-state index in [4.69, 9.17) is 0 Å². The summed E-state index contributed by atoms with van der Waals surface area (Å²) in [7, 11) is 1.93. The zero-order chi connectivity index (χ0) is 15.2. The van der Waals surface area contributed by atoms with Crippen LogP contribution in [0.5, 0.6) is 0 Å². The van der Waals surface area contributed by atoms with Crippen molar-refractivity contribution in [3.05, 3.63) is 28.5 Å². The van der Waals surface area contributed by atoms with Gasteiger partial charge in [-0.05, 0) is 57.1 Å². The maximum absolute atomic E-state index is 13.7. The first-order valence-electron chi connectivity index (χ1n) is 7.19. The first-order chi connectivity index (χ1) is 10.0. The predicted molar refractivity (Wildman–Crippen MR) is 85.8 cm³/mol. The number of hydrogen-bond acceptors (Lipinski definition) is 3. The van der Waals surface area contributed by atoms with Gasteiger partial charge in [-0.25, -0.2) is 4.39 Å². The van der Waals surface area contributed by atoms with E-state index < -0.39 is 5.82 Å². The van der Waals surface area contributed by atoms with Crippen LogP contribution < -0.4 is 10.6 Å². The van der Waals surface area contributed by atoms with Gasteiger partial charge in [0.05, 0.1) is 12.2 Å². The highest BCUT2D eigenvalue weighted by Crippen LogP contribution is 2.19. The Hall–Kier alpha value is -0.980. The number of anilines is 1. The molecule has 0 spiro atoms. The number of nitrogens with one attached hydrogen (secondary N) is 2. The normalized spacial score (nSPS) is 16.2. The molecule has 0 radical (unpaired) electrons. The van der Waals surface area contributed by atoms with Crippen LogP contribution in [0.25, 0.3) is 0 Å². The van der Waals surface area contributed by atoms with Crippen LogP contribution >= 0.6 is 15.9 Å². The zero-order valence-electron chi connectivity index (χ0n) is 12.2. The number of hydrogen-bond donors (Lipinski definition) is 2. The molecule has 1 aliphatic heterocycles. The van der Waals surface area contributed by atoms with Crippen LogP contribution in [0.3, 0.4) is 0 Å². The molecule has 116 valence electrons. The second-order valence-corrected chi connectivity index (χ2v) is 6.48. The molecule has 1 aromatic carbocycles. The van der Waals surface area contributed by atoms with Crippen molar-refractivity contribution in [2.45, 2.75) is 12.8 Å². The van der Waals surface area contributed by atoms with E-state index in [0.29, 0.717) is 10.4 Å². The summed E-state index contributed by atoms with van der Waals surface area (Å²) in [6, 6.07) is 4.61. The van der Waals surface area contributed by atoms with Crippen molar-refractivity contribution in [2.24, 2.45) is 5.92 Å². The van der Waals surface area contributed by atoms with Gasteiger partial charge in [0, 0.05) is 11.0 Å². The number of benzene rings is 1. The van der Waals surface area contributed by atoms with Crippen molar-refractivity contribution in [1.29, 1.82) is 0 Å². The minimum absolute atomic E-state index is 0.187. The van der Waals surface area contributed by atoms with Gasteiger partial charge >= 0.3 is 0 Å². The van der Waals surface area contributed by atoms with Gasteiger partial charge in [-0.15, -0.1) is 0 Å². The minimum Gasteiger partial charge on any atom is -0.322 e. The van der Waals surface area contributed by atoms with Crippen molar-refractivity contribution in [3.8, 4) is 0 Å². The van der Waals surface area contributed by atoms with E-state index in [2.05, 4.69) is 26.6 Å². The summed E-state index contributed by atoms with van der Waals surface area (Å²) in [6.45, 7) is 3.28. The van der Waals surface area contributed by atoms with E-state index >= 15 is 0 Å². The molecule has 1 aromatic rings. The molecule has 1 fully saturated rings. The predicted octanol–water partition coefficient (Wildman–Crippen LogP) is 2.46. The number of halogens is 2. The SMILES string of the molecule is CN(CC(=O)Nc1ccc(Br)cc1F)CC1CCNCC1. The van der Waals surface area contributed by atoms with Gasteiger partial charge in [0.25, 0.3) is 0 Å². The third-order valence-electron chi connectivity index (χ3n) is 3.65. The highest BCUT2D eigenvalue weighted by molar-refractivity contribution is 9.10. The second kappa shape index (κ2) is 7.87. The van der Waals surface area contributed by atoms with Crippen LogP contribution in [0.2, 0.25) is 0 Å². The maximum atomic E-state index is 13.7. The first kappa shape index (κ1) is 16.4. The van der Waals surface area contributed by atoms with E-state index in [9.17, 15) is 9.18 Å². The number of carbonyl (C=O) groups is 1. The Balaban J connectivity index is 1.80. The molecule has 0 saturated carbocycles. The molecule has 2 rings (SSSR count). The summed E-state index contributed by atoms with van der Waals surface area (Å²) in [5, 5.41) is 5.95. The number of amides is 1. The second-order valence-electron chi connectivity index (χ2n) is 5.56. The molecule has 0 aliphatic carbocycles. The Bertz CT molecular complexity index is 492. The standard InChI is InChI=1S/C15H21BrFN3O/c1-20(9-11-4-6-18-7-5-11)10-15(21)19-14-3-2-12(16)8-13(14)17/h2-3,8,11,18H,4-7,9-10H2,1H3,(H,19,21). The Kier molecular flexibility index (Phi) is 6.14. The molecule has 0 atom stereocenters. The molecule has 2 N–H and O–H groups in total. The third kappa shape index (κ3) is 5.37. The van der Waals surface area contributed by atoms with E-state index in [0.717, 1.165) is 32.5 Å². The van der Waals surface area contributed by atoms with Gasteiger partial charge in [0.15, 0.2) is 0 Å². The van der Waals surface area contributed by atoms with Crippen molar-refractivity contribution in [2.75, 3.05) is 38.5 Å². The summed E-state index contributed by atoms with van der Waals surface area (Å²) in [4.78, 5) is 14.0. The van der Waals surface area contributed by atoms with E-state index in [-0.39, 0.29) is 18.1 Å². The lowest BCUT2D eigenvalue weighted by atomic mass is 9.98. The fourth-order valence-corrected chi connectivity index (χ4v) is 2.93. The number of piperidine rings is 1. The summed E-state index contributed by atoms with van der Waals surface area (Å²) in [5.74, 6) is 0.0138. The van der Waals surface area contributed by atoms with E-state index in [1.807, 2.05) is 11.9 Å². The molecule has 1 heterocycles. The molecule has 0 bridgehead atoms. The van der Waals surface area contributed by atoms with Crippen LogP contribution in [-0.2, 0) is 4.79 Å². The minimum atomic E-state index is -0.432. The zero-order valence-corrected chi connectivity index (χ0v) is 13.7. The lowest BCUT2D eigenvalue weighted by Gasteiger charge is -2.27. The fraction of sp³-hybridized carbons (Fsp3) is 0.533. The molecule has 0 unspecified atom stereocenters. The van der Waals surface area contributed by atoms with E-state index in [1.165, 1.54) is 6.07 Å². The molecule has 21 heavy (non-hydrogen) atoms. The number of rotatable bonds is 5. The van der Waals surface area contributed by atoms with Crippen molar-refractivity contribution in [3.63, 3.8) is 0 Å². The summed E-state index contributed by atoms with van der Waals surface area (Å²) >= 11 is 3.19. The van der Waals surface area contributed by atoms with Crippen molar-refractivity contribution >= 4 is 27.5 Å². The summed E-state index contributed by atoms with van der Waals surface area (Å²) < 4.78 is 14.3. The topological polar surface area (TPSA) is 44.4 Å². The average molecular weight is 358 g/mol. The molecule has 4 nitrogen and oxygen atoms in total. The van der Waals surface area contributed by atoms with Gasteiger partial charge in [-0.2, -0.15) is 0 Å². The fourth-order valence-electron chi connectivity index (χ4n) is 2.60. The van der Waals surface area contributed by atoms with Gasteiger partial charge in [-0.3, -0.25) is 9.69 Å².